The van der Waals surface area contributed by atoms with Crippen molar-refractivity contribution in [1.82, 2.24) is 0 Å². The van der Waals surface area contributed by atoms with Crippen molar-refractivity contribution in [2.75, 3.05) is 0 Å². The average molecular weight is 345 g/mol. The Morgan fingerprint density at radius 3 is 1.17 bits per heavy atom. The van der Waals surface area contributed by atoms with Crippen molar-refractivity contribution in [3.05, 3.63) is 0 Å². The Kier molecular flexibility index (Phi) is 13.5. The van der Waals surface area contributed by atoms with Crippen molar-refractivity contribution < 1.29 is 9.59 Å². The van der Waals surface area contributed by atoms with Gasteiger partial charge in [0.1, 0.15) is 0 Å². The molecule has 23 heavy (non-hydrogen) atoms. The third kappa shape index (κ3) is 13.1. The van der Waals surface area contributed by atoms with Crippen LogP contribution in [0.5, 0.6) is 0 Å². The van der Waals surface area contributed by atoms with E-state index in [0.717, 1.165) is 12.8 Å². The molecular formula is C20H44O2Si. The quantitative estimate of drug-likeness (QED) is 0.256. The van der Waals surface area contributed by atoms with Gasteiger partial charge in [0.25, 0.3) is 0 Å². The summed E-state index contributed by atoms with van der Waals surface area (Å²) in [7, 11) is -3.01. The predicted molar refractivity (Wildman–Crippen MR) is 105 cm³/mol. The normalized spacial score (nSPS) is 12.8. The molecule has 0 aromatic heterocycles. The second-order valence-corrected chi connectivity index (χ2v) is 12.0. The molecule has 0 unspecified atom stereocenters. The molecule has 2 nitrogen and oxygen atoms in total. The molecule has 3 heteroatoms. The fourth-order valence-corrected chi connectivity index (χ4v) is 4.43. The monoisotopic (exact) mass is 344 g/mol. The van der Waals surface area contributed by atoms with E-state index >= 15 is 0 Å². The van der Waals surface area contributed by atoms with Gasteiger partial charge in [-0.1, -0.05) is 118 Å². The molecule has 2 N–H and O–H groups in total. The minimum Gasteiger partial charge on any atom is -0.410 e. The van der Waals surface area contributed by atoms with Gasteiger partial charge in [-0.05, 0) is 6.04 Å². The van der Waals surface area contributed by atoms with Gasteiger partial charge in [-0.2, -0.15) is 0 Å². The van der Waals surface area contributed by atoms with Crippen LogP contribution in [0.25, 0.3) is 0 Å². The van der Waals surface area contributed by atoms with Gasteiger partial charge in [0.05, 0.1) is 0 Å². The van der Waals surface area contributed by atoms with Crippen LogP contribution >= 0.6 is 0 Å². The number of unbranched alkanes of at least 4 members (excludes halogenated alkanes) is 13. The van der Waals surface area contributed by atoms with Gasteiger partial charge in [0, 0.05) is 5.04 Å². The number of rotatable bonds is 15. The predicted octanol–water partition coefficient (Wildman–Crippen LogP) is 6.69. The summed E-state index contributed by atoms with van der Waals surface area (Å²) in [6.07, 6.45) is 18.7. The van der Waals surface area contributed by atoms with Crippen LogP contribution in [0.15, 0.2) is 0 Å². The molecule has 0 rings (SSSR count). The molecule has 0 aliphatic carbocycles. The van der Waals surface area contributed by atoms with Gasteiger partial charge in [-0.3, -0.25) is 0 Å². The lowest BCUT2D eigenvalue weighted by molar-refractivity contribution is 0.310. The Bertz CT molecular complexity index is 259. The highest BCUT2D eigenvalue weighted by Crippen LogP contribution is 2.35. The molecule has 0 bridgehead atoms. The second-order valence-electron chi connectivity index (χ2n) is 8.41. The van der Waals surface area contributed by atoms with Crippen LogP contribution in [0, 0.1) is 0 Å². The van der Waals surface area contributed by atoms with E-state index in [-0.39, 0.29) is 5.04 Å². The van der Waals surface area contributed by atoms with Crippen molar-refractivity contribution in [3.63, 3.8) is 0 Å². The van der Waals surface area contributed by atoms with Gasteiger partial charge >= 0.3 is 8.56 Å². The van der Waals surface area contributed by atoms with Crippen LogP contribution in [-0.2, 0) is 0 Å². The standard InChI is InChI=1S/C20H44O2Si/c1-5-6-7-8-9-10-11-12-13-14-15-16-17-18-19-23(21,22)20(2,3)4/h21-22H,5-19H2,1-4H3. The molecule has 0 radical (unpaired) electrons. The number of hydrogen-bond acceptors (Lipinski definition) is 2. The Labute approximate surface area is 147 Å². The van der Waals surface area contributed by atoms with Crippen molar-refractivity contribution in [3.8, 4) is 0 Å². The maximum Gasteiger partial charge on any atom is 0.338 e. The summed E-state index contributed by atoms with van der Waals surface area (Å²) in [5.74, 6) is 0. The Morgan fingerprint density at radius 2 is 0.870 bits per heavy atom. The summed E-state index contributed by atoms with van der Waals surface area (Å²) in [5, 5.41) is -0.316. The Hall–Kier alpha value is 0.137. The van der Waals surface area contributed by atoms with Crippen molar-refractivity contribution in [1.29, 1.82) is 0 Å². The first-order valence-corrected chi connectivity index (χ1v) is 12.4. The maximum absolute atomic E-state index is 10.1. The molecular weight excluding hydrogens is 300 g/mol. The Balaban J connectivity index is 3.25. The highest BCUT2D eigenvalue weighted by Gasteiger charge is 2.42. The summed E-state index contributed by atoms with van der Waals surface area (Å²) in [6.45, 7) is 8.12. The van der Waals surface area contributed by atoms with E-state index in [1.807, 2.05) is 20.8 Å². The zero-order valence-electron chi connectivity index (χ0n) is 16.5. The van der Waals surface area contributed by atoms with Crippen LogP contribution in [-0.4, -0.2) is 18.2 Å². The lowest BCUT2D eigenvalue weighted by Crippen LogP contribution is -2.44. The largest absolute Gasteiger partial charge is 0.410 e. The zero-order chi connectivity index (χ0) is 17.6. The number of hydrogen-bond donors (Lipinski definition) is 2. The zero-order valence-corrected chi connectivity index (χ0v) is 17.5. The highest BCUT2D eigenvalue weighted by atomic mass is 28.4. The molecule has 0 aromatic carbocycles. The Morgan fingerprint density at radius 1 is 0.565 bits per heavy atom. The third-order valence-electron chi connectivity index (χ3n) is 5.08. The van der Waals surface area contributed by atoms with Crippen LogP contribution in [0.1, 0.15) is 118 Å². The van der Waals surface area contributed by atoms with Crippen molar-refractivity contribution in [2.45, 2.75) is 129 Å². The highest BCUT2D eigenvalue weighted by molar-refractivity contribution is 6.67. The smallest absolute Gasteiger partial charge is 0.338 e. The lowest BCUT2D eigenvalue weighted by atomic mass is 10.0. The van der Waals surface area contributed by atoms with Crippen LogP contribution < -0.4 is 0 Å². The molecule has 0 amide bonds. The fourth-order valence-electron chi connectivity index (χ4n) is 2.94. The van der Waals surface area contributed by atoms with E-state index in [4.69, 9.17) is 0 Å². The van der Waals surface area contributed by atoms with Gasteiger partial charge < -0.3 is 9.59 Å². The molecule has 140 valence electrons. The second kappa shape index (κ2) is 13.4. The van der Waals surface area contributed by atoms with E-state index in [9.17, 15) is 9.59 Å². The minimum absolute atomic E-state index is 0.316. The van der Waals surface area contributed by atoms with E-state index in [1.165, 1.54) is 77.0 Å². The summed E-state index contributed by atoms with van der Waals surface area (Å²) in [4.78, 5) is 20.3. The van der Waals surface area contributed by atoms with E-state index in [0.29, 0.717) is 6.04 Å². The average Bonchev–Trinajstić information content (AvgIpc) is 2.46. The van der Waals surface area contributed by atoms with Crippen LogP contribution in [0.2, 0.25) is 11.1 Å². The van der Waals surface area contributed by atoms with E-state index in [2.05, 4.69) is 6.92 Å². The molecule has 0 aliphatic heterocycles. The van der Waals surface area contributed by atoms with Gasteiger partial charge in [0.2, 0.25) is 0 Å². The van der Waals surface area contributed by atoms with E-state index in [1.54, 1.807) is 0 Å². The van der Waals surface area contributed by atoms with Gasteiger partial charge in [-0.15, -0.1) is 0 Å². The first-order chi connectivity index (χ1) is 10.8. The molecule has 0 saturated carbocycles. The molecule has 0 spiro atoms. The maximum atomic E-state index is 10.1. The lowest BCUT2D eigenvalue weighted by Gasteiger charge is -2.31. The SMILES string of the molecule is CCCCCCCCCCCCCCCC[Si](O)(O)C(C)(C)C. The molecule has 0 aromatic rings. The minimum atomic E-state index is -3.01. The van der Waals surface area contributed by atoms with Crippen molar-refractivity contribution in [2.24, 2.45) is 0 Å². The first-order valence-electron chi connectivity index (χ1n) is 10.3. The van der Waals surface area contributed by atoms with Crippen molar-refractivity contribution >= 4 is 8.56 Å². The van der Waals surface area contributed by atoms with Gasteiger partial charge in [-0.25, -0.2) is 0 Å². The summed E-state index contributed by atoms with van der Waals surface area (Å²) < 4.78 is 0. The van der Waals surface area contributed by atoms with Crippen LogP contribution in [0.3, 0.4) is 0 Å². The molecule has 0 atom stereocenters. The fraction of sp³-hybridized carbons (Fsp3) is 1.00. The molecule has 0 aliphatic rings. The van der Waals surface area contributed by atoms with E-state index < -0.39 is 8.56 Å². The van der Waals surface area contributed by atoms with Gasteiger partial charge in [0.15, 0.2) is 0 Å². The topological polar surface area (TPSA) is 40.5 Å². The third-order valence-corrected chi connectivity index (χ3v) is 8.53. The molecule has 0 saturated heterocycles. The van der Waals surface area contributed by atoms with Crippen LogP contribution in [0.4, 0.5) is 0 Å². The molecule has 0 fully saturated rings. The summed E-state index contributed by atoms with van der Waals surface area (Å²) >= 11 is 0. The summed E-state index contributed by atoms with van der Waals surface area (Å²) in [5.41, 5.74) is 0. The first kappa shape index (κ1) is 23.1. The molecule has 0 heterocycles. The summed E-state index contributed by atoms with van der Waals surface area (Å²) in [6, 6.07) is 0.633.